The number of carbonyl (C=O) groups excluding carboxylic acids is 1. The first-order valence-corrected chi connectivity index (χ1v) is 11.6. The van der Waals surface area contributed by atoms with Gasteiger partial charge in [0.25, 0.3) is 5.91 Å². The molecule has 0 radical (unpaired) electrons. The molecule has 1 fully saturated rings. The van der Waals surface area contributed by atoms with Crippen molar-refractivity contribution in [2.24, 2.45) is 0 Å². The molecule has 33 heavy (non-hydrogen) atoms. The highest BCUT2D eigenvalue weighted by Crippen LogP contribution is 2.48. The molecular weight excluding hydrogens is 465 g/mol. The average Bonchev–Trinajstić information content (AvgIpc) is 3.10. The number of rotatable bonds is 3. The van der Waals surface area contributed by atoms with E-state index in [2.05, 4.69) is 11.0 Å². The normalized spacial score (nSPS) is 17.4. The number of likely N-dealkylation sites (tertiary alicyclic amines) is 1. The Bertz CT molecular complexity index is 1220. The minimum absolute atomic E-state index is 0.258. The topological polar surface area (TPSA) is 23.6 Å². The molecule has 2 heterocycles. The van der Waals surface area contributed by atoms with Crippen LogP contribution in [0.3, 0.4) is 0 Å². The predicted octanol–water partition coefficient (Wildman–Crippen LogP) is 6.47. The number of nitrogens with zero attached hydrogens (tertiary/aromatic N) is 2. The molecule has 1 saturated heterocycles. The van der Waals surface area contributed by atoms with Gasteiger partial charge in [0.1, 0.15) is 0 Å². The van der Waals surface area contributed by atoms with Crippen LogP contribution in [0.25, 0.3) is 0 Å². The van der Waals surface area contributed by atoms with E-state index in [1.807, 2.05) is 24.3 Å². The number of halogens is 4. The Morgan fingerprint density at radius 2 is 1.67 bits per heavy atom. The zero-order valence-electron chi connectivity index (χ0n) is 17.8. The molecule has 0 aliphatic carbocycles. The molecule has 1 amide bonds. The number of piperidine rings is 1. The predicted molar refractivity (Wildman–Crippen MR) is 127 cm³/mol. The number of hydrogen-bond donors (Lipinski definition) is 0. The maximum atomic E-state index is 14.4. The van der Waals surface area contributed by atoms with Gasteiger partial charge in [-0.1, -0.05) is 41.4 Å². The SMILES string of the molecule is O=C(c1cccc(F)c1F)N1CC2(CCN(Cc3cccc(Cl)c3)CC2)c2cc(Cl)ccc21. The monoisotopic (exact) mass is 486 g/mol. The quantitative estimate of drug-likeness (QED) is 0.423. The Hall–Kier alpha value is -2.47. The second-order valence-corrected chi connectivity index (χ2v) is 9.71. The third-order valence-electron chi connectivity index (χ3n) is 6.82. The van der Waals surface area contributed by atoms with Crippen LogP contribution in [0.1, 0.15) is 34.3 Å². The molecule has 0 N–H and O–H groups in total. The first-order valence-electron chi connectivity index (χ1n) is 10.9. The van der Waals surface area contributed by atoms with Gasteiger partial charge >= 0.3 is 0 Å². The Labute approximate surface area is 201 Å². The Balaban J connectivity index is 1.41. The van der Waals surface area contributed by atoms with Crippen LogP contribution in [0, 0.1) is 11.6 Å². The van der Waals surface area contributed by atoms with Crippen molar-refractivity contribution < 1.29 is 13.6 Å². The third-order valence-corrected chi connectivity index (χ3v) is 7.29. The van der Waals surface area contributed by atoms with Gasteiger partial charge in [-0.25, -0.2) is 8.78 Å². The summed E-state index contributed by atoms with van der Waals surface area (Å²) < 4.78 is 28.2. The van der Waals surface area contributed by atoms with Gasteiger partial charge in [0.2, 0.25) is 0 Å². The summed E-state index contributed by atoms with van der Waals surface area (Å²) in [5, 5.41) is 1.32. The van der Waals surface area contributed by atoms with Crippen LogP contribution < -0.4 is 4.90 Å². The summed E-state index contributed by atoms with van der Waals surface area (Å²) in [7, 11) is 0. The molecule has 5 rings (SSSR count). The van der Waals surface area contributed by atoms with E-state index in [1.54, 1.807) is 17.0 Å². The van der Waals surface area contributed by atoms with E-state index in [0.29, 0.717) is 11.6 Å². The molecule has 1 spiro atoms. The van der Waals surface area contributed by atoms with E-state index in [-0.39, 0.29) is 11.0 Å². The maximum Gasteiger partial charge on any atom is 0.261 e. The maximum absolute atomic E-state index is 14.4. The van der Waals surface area contributed by atoms with E-state index in [1.165, 1.54) is 12.1 Å². The van der Waals surface area contributed by atoms with Crippen LogP contribution >= 0.6 is 23.2 Å². The summed E-state index contributed by atoms with van der Waals surface area (Å²) >= 11 is 12.5. The van der Waals surface area contributed by atoms with E-state index >= 15 is 0 Å². The van der Waals surface area contributed by atoms with Gasteiger partial charge in [-0.05, 0) is 79.5 Å². The first kappa shape index (κ1) is 22.3. The number of benzene rings is 3. The van der Waals surface area contributed by atoms with Gasteiger partial charge in [-0.3, -0.25) is 9.69 Å². The van der Waals surface area contributed by atoms with Crippen molar-refractivity contribution in [3.05, 3.63) is 99.0 Å². The molecule has 7 heteroatoms. The number of amides is 1. The number of fused-ring (bicyclic) bond motifs is 2. The molecule has 3 aromatic rings. The fourth-order valence-corrected chi connectivity index (χ4v) is 5.48. The molecule has 2 aliphatic heterocycles. The number of hydrogen-bond acceptors (Lipinski definition) is 2. The molecule has 3 aromatic carbocycles. The molecular formula is C26H22Cl2F2N2O. The highest BCUT2D eigenvalue weighted by molar-refractivity contribution is 6.31. The third kappa shape index (κ3) is 4.14. The van der Waals surface area contributed by atoms with Crippen molar-refractivity contribution in [2.45, 2.75) is 24.8 Å². The Morgan fingerprint density at radius 3 is 2.42 bits per heavy atom. The van der Waals surface area contributed by atoms with Crippen molar-refractivity contribution in [2.75, 3.05) is 24.5 Å². The summed E-state index contributed by atoms with van der Waals surface area (Å²) in [4.78, 5) is 17.2. The van der Waals surface area contributed by atoms with Crippen LogP contribution in [-0.2, 0) is 12.0 Å². The van der Waals surface area contributed by atoms with E-state index < -0.39 is 17.5 Å². The Morgan fingerprint density at radius 1 is 0.939 bits per heavy atom. The number of anilines is 1. The standard InChI is InChI=1S/C26H22Cl2F2N2O/c27-18-4-1-3-17(13-18)15-31-11-9-26(10-12-31)16-32(23-8-7-19(28)14-21(23)26)25(33)20-5-2-6-22(29)24(20)30/h1-8,13-14H,9-12,15-16H2. The summed E-state index contributed by atoms with van der Waals surface area (Å²) in [5.41, 5.74) is 2.35. The van der Waals surface area contributed by atoms with Gasteiger partial charge in [0.05, 0.1) is 5.56 Å². The molecule has 3 nitrogen and oxygen atoms in total. The van der Waals surface area contributed by atoms with Crippen molar-refractivity contribution in [3.8, 4) is 0 Å². The minimum atomic E-state index is -1.12. The lowest BCUT2D eigenvalue weighted by Crippen LogP contribution is -2.45. The zero-order valence-corrected chi connectivity index (χ0v) is 19.3. The van der Waals surface area contributed by atoms with Gasteiger partial charge in [-0.2, -0.15) is 0 Å². The fourth-order valence-electron chi connectivity index (χ4n) is 5.10. The van der Waals surface area contributed by atoms with Gasteiger partial charge in [0.15, 0.2) is 11.6 Å². The van der Waals surface area contributed by atoms with E-state index in [0.717, 1.165) is 60.4 Å². The van der Waals surface area contributed by atoms with Crippen molar-refractivity contribution in [1.29, 1.82) is 0 Å². The highest BCUT2D eigenvalue weighted by atomic mass is 35.5. The summed E-state index contributed by atoms with van der Waals surface area (Å²) in [6.45, 7) is 2.91. The van der Waals surface area contributed by atoms with E-state index in [9.17, 15) is 13.6 Å². The number of carbonyl (C=O) groups is 1. The molecule has 170 valence electrons. The molecule has 0 saturated carbocycles. The largest absolute Gasteiger partial charge is 0.307 e. The van der Waals surface area contributed by atoms with Crippen LogP contribution in [0.15, 0.2) is 60.7 Å². The Kier molecular flexibility index (Phi) is 5.89. The van der Waals surface area contributed by atoms with Gasteiger partial charge < -0.3 is 4.90 Å². The molecule has 0 aromatic heterocycles. The molecule has 0 atom stereocenters. The lowest BCUT2D eigenvalue weighted by molar-refractivity contribution is 0.0970. The minimum Gasteiger partial charge on any atom is -0.307 e. The van der Waals surface area contributed by atoms with Crippen LogP contribution in [0.5, 0.6) is 0 Å². The van der Waals surface area contributed by atoms with Crippen molar-refractivity contribution in [1.82, 2.24) is 4.90 Å². The summed E-state index contributed by atoms with van der Waals surface area (Å²) in [5.74, 6) is -2.68. The second kappa shape index (κ2) is 8.71. The van der Waals surface area contributed by atoms with Crippen molar-refractivity contribution in [3.63, 3.8) is 0 Å². The lowest BCUT2D eigenvalue weighted by Gasteiger charge is -2.40. The highest BCUT2D eigenvalue weighted by Gasteiger charge is 2.46. The van der Waals surface area contributed by atoms with Crippen molar-refractivity contribution >= 4 is 34.8 Å². The van der Waals surface area contributed by atoms with Crippen LogP contribution in [0.2, 0.25) is 10.0 Å². The van der Waals surface area contributed by atoms with Crippen LogP contribution in [0.4, 0.5) is 14.5 Å². The summed E-state index contributed by atoms with van der Waals surface area (Å²) in [6.07, 6.45) is 1.66. The first-order chi connectivity index (χ1) is 15.9. The van der Waals surface area contributed by atoms with Gasteiger partial charge in [0, 0.05) is 34.2 Å². The van der Waals surface area contributed by atoms with E-state index in [4.69, 9.17) is 23.2 Å². The smallest absolute Gasteiger partial charge is 0.261 e. The summed E-state index contributed by atoms with van der Waals surface area (Å²) in [6, 6.07) is 17.0. The molecule has 2 aliphatic rings. The van der Waals surface area contributed by atoms with Gasteiger partial charge in [-0.15, -0.1) is 0 Å². The van der Waals surface area contributed by atoms with Crippen LogP contribution in [-0.4, -0.2) is 30.4 Å². The average molecular weight is 487 g/mol. The second-order valence-electron chi connectivity index (χ2n) is 8.84. The molecule has 0 unspecified atom stereocenters. The lowest BCUT2D eigenvalue weighted by atomic mass is 9.74. The zero-order chi connectivity index (χ0) is 23.2. The molecule has 0 bridgehead atoms. The fraction of sp³-hybridized carbons (Fsp3) is 0.269.